The first kappa shape index (κ1) is 11.6. The van der Waals surface area contributed by atoms with Gasteiger partial charge in [-0.25, -0.2) is 4.68 Å². The molecule has 1 amide bonds. The number of hydrogen-bond acceptors (Lipinski definition) is 3. The maximum atomic E-state index is 11.6. The number of allylic oxidation sites excluding steroid dienone is 1. The third-order valence-corrected chi connectivity index (χ3v) is 3.24. The van der Waals surface area contributed by atoms with Crippen LogP contribution in [0.5, 0.6) is 0 Å². The van der Waals surface area contributed by atoms with Gasteiger partial charge in [0.1, 0.15) is 3.70 Å². The van der Waals surface area contributed by atoms with Crippen LogP contribution in [0.2, 0.25) is 0 Å². The van der Waals surface area contributed by atoms with E-state index in [1.165, 1.54) is 0 Å². The number of halogens is 1. The van der Waals surface area contributed by atoms with Gasteiger partial charge in [0.2, 0.25) is 5.91 Å². The summed E-state index contributed by atoms with van der Waals surface area (Å²) < 4.78 is 2.88. The van der Waals surface area contributed by atoms with Crippen molar-refractivity contribution in [1.82, 2.24) is 19.9 Å². The van der Waals surface area contributed by atoms with Crippen molar-refractivity contribution in [2.75, 3.05) is 13.1 Å². The van der Waals surface area contributed by atoms with Gasteiger partial charge in [0.25, 0.3) is 0 Å². The van der Waals surface area contributed by atoms with E-state index in [-0.39, 0.29) is 11.9 Å². The molecule has 0 bridgehead atoms. The van der Waals surface area contributed by atoms with Gasteiger partial charge < -0.3 is 4.90 Å². The van der Waals surface area contributed by atoms with Crippen molar-refractivity contribution < 1.29 is 4.79 Å². The third kappa shape index (κ3) is 2.26. The van der Waals surface area contributed by atoms with E-state index in [1.54, 1.807) is 12.3 Å². The van der Waals surface area contributed by atoms with Gasteiger partial charge >= 0.3 is 0 Å². The average Bonchev–Trinajstić information content (AvgIpc) is 2.48. The Morgan fingerprint density at radius 2 is 2.25 bits per heavy atom. The highest BCUT2D eigenvalue weighted by Gasteiger charge is 2.32. The van der Waals surface area contributed by atoms with Crippen molar-refractivity contribution in [1.29, 1.82) is 0 Å². The fourth-order valence-corrected chi connectivity index (χ4v) is 2.22. The minimum atomic E-state index is 0.0892. The van der Waals surface area contributed by atoms with Crippen LogP contribution in [-0.2, 0) is 4.79 Å². The lowest BCUT2D eigenvalue weighted by Crippen LogP contribution is -2.50. The maximum absolute atomic E-state index is 11.6. The number of amides is 1. The third-order valence-electron chi connectivity index (χ3n) is 2.46. The van der Waals surface area contributed by atoms with Gasteiger partial charge in [0.15, 0.2) is 0 Å². The number of aromatic nitrogens is 3. The normalized spacial score (nSPS) is 15.8. The lowest BCUT2D eigenvalue weighted by molar-refractivity contribution is -0.131. The van der Waals surface area contributed by atoms with Crippen molar-refractivity contribution in [3.05, 3.63) is 21.5 Å². The largest absolute Gasteiger partial charge is 0.335 e. The first-order valence-electron chi connectivity index (χ1n) is 5.07. The fourth-order valence-electron chi connectivity index (χ4n) is 1.61. The Hall–Kier alpha value is -0.920. The van der Waals surface area contributed by atoms with Crippen molar-refractivity contribution in [3.63, 3.8) is 0 Å². The summed E-state index contributed by atoms with van der Waals surface area (Å²) in [4.78, 5) is 13.5. The van der Waals surface area contributed by atoms with Crippen LogP contribution in [0.25, 0.3) is 0 Å². The van der Waals surface area contributed by atoms with Gasteiger partial charge in [-0.05, 0) is 36.4 Å². The number of hydrogen-bond donors (Lipinski definition) is 0. The van der Waals surface area contributed by atoms with Crippen LogP contribution in [0.3, 0.4) is 0 Å². The summed E-state index contributed by atoms with van der Waals surface area (Å²) >= 11 is 2.19. The molecule has 6 heteroatoms. The number of carbonyl (C=O) groups is 1. The molecular formula is C10H13IN4O. The first-order chi connectivity index (χ1) is 7.58. The maximum Gasteiger partial charge on any atom is 0.246 e. The summed E-state index contributed by atoms with van der Waals surface area (Å²) in [6.07, 6.45) is 3.39. The molecule has 2 rings (SSSR count). The molecule has 1 saturated heterocycles. The van der Waals surface area contributed by atoms with E-state index in [4.69, 9.17) is 0 Å². The molecule has 1 aliphatic rings. The standard InChI is InChI=1S/C10H13IN4O/c1-7(2)3-10(16)14-5-8(6-14)15-9(11)4-12-13-15/h3-4,8H,5-6H2,1-2H3. The van der Waals surface area contributed by atoms with E-state index in [0.717, 1.165) is 22.4 Å². The predicted molar refractivity (Wildman–Crippen MR) is 67.8 cm³/mol. The highest BCUT2D eigenvalue weighted by Crippen LogP contribution is 2.22. The topological polar surface area (TPSA) is 51.0 Å². The van der Waals surface area contributed by atoms with E-state index < -0.39 is 0 Å². The van der Waals surface area contributed by atoms with Gasteiger partial charge in [0, 0.05) is 19.2 Å². The Labute approximate surface area is 108 Å². The monoisotopic (exact) mass is 332 g/mol. The Bertz CT molecular complexity index is 430. The summed E-state index contributed by atoms with van der Waals surface area (Å²) in [5.74, 6) is 0.0892. The van der Waals surface area contributed by atoms with Crippen LogP contribution in [0.4, 0.5) is 0 Å². The highest BCUT2D eigenvalue weighted by molar-refractivity contribution is 14.1. The fraction of sp³-hybridized carbons (Fsp3) is 0.500. The zero-order valence-corrected chi connectivity index (χ0v) is 11.4. The van der Waals surface area contributed by atoms with E-state index >= 15 is 0 Å². The summed E-state index contributed by atoms with van der Waals surface area (Å²) in [6, 6.07) is 0.281. The van der Waals surface area contributed by atoms with E-state index in [9.17, 15) is 4.79 Å². The van der Waals surface area contributed by atoms with Crippen molar-refractivity contribution in [3.8, 4) is 0 Å². The number of rotatable bonds is 2. The van der Waals surface area contributed by atoms with Gasteiger partial charge in [-0.15, -0.1) is 5.10 Å². The molecule has 2 heterocycles. The molecule has 0 atom stereocenters. The minimum Gasteiger partial charge on any atom is -0.335 e. The highest BCUT2D eigenvalue weighted by atomic mass is 127. The Morgan fingerprint density at radius 3 is 2.75 bits per heavy atom. The molecule has 0 unspecified atom stereocenters. The number of nitrogens with zero attached hydrogens (tertiary/aromatic N) is 4. The quantitative estimate of drug-likeness (QED) is 0.605. The molecule has 0 aliphatic carbocycles. The summed E-state index contributed by atoms with van der Waals surface area (Å²) in [5.41, 5.74) is 1.03. The molecule has 1 aromatic heterocycles. The lowest BCUT2D eigenvalue weighted by atomic mass is 10.1. The number of likely N-dealkylation sites (tertiary alicyclic amines) is 1. The molecule has 86 valence electrons. The van der Waals surface area contributed by atoms with Crippen molar-refractivity contribution in [2.24, 2.45) is 0 Å². The van der Waals surface area contributed by atoms with Crippen LogP contribution in [-0.4, -0.2) is 38.9 Å². The molecule has 1 fully saturated rings. The second-order valence-electron chi connectivity index (χ2n) is 4.12. The first-order valence-corrected chi connectivity index (χ1v) is 6.15. The lowest BCUT2D eigenvalue weighted by Gasteiger charge is -2.38. The second kappa shape index (κ2) is 4.52. The van der Waals surface area contributed by atoms with Crippen LogP contribution >= 0.6 is 22.6 Å². The SMILES string of the molecule is CC(C)=CC(=O)N1CC(n2nncc2I)C1. The number of carbonyl (C=O) groups excluding carboxylic acids is 1. The molecule has 16 heavy (non-hydrogen) atoms. The minimum absolute atomic E-state index is 0.0892. The molecule has 1 aliphatic heterocycles. The molecule has 5 nitrogen and oxygen atoms in total. The van der Waals surface area contributed by atoms with Crippen LogP contribution in [0.1, 0.15) is 19.9 Å². The summed E-state index contributed by atoms with van der Waals surface area (Å²) in [7, 11) is 0. The zero-order chi connectivity index (χ0) is 11.7. The Kier molecular flexibility index (Phi) is 3.27. The Morgan fingerprint density at radius 1 is 1.56 bits per heavy atom. The molecule has 0 N–H and O–H groups in total. The van der Waals surface area contributed by atoms with Gasteiger partial charge in [-0.3, -0.25) is 4.79 Å². The van der Waals surface area contributed by atoms with E-state index in [1.807, 2.05) is 23.4 Å². The second-order valence-corrected chi connectivity index (χ2v) is 5.23. The van der Waals surface area contributed by atoms with Gasteiger partial charge in [-0.1, -0.05) is 10.8 Å². The van der Waals surface area contributed by atoms with E-state index in [2.05, 4.69) is 32.9 Å². The van der Waals surface area contributed by atoms with Gasteiger partial charge in [0.05, 0.1) is 12.2 Å². The van der Waals surface area contributed by atoms with Crippen LogP contribution in [0, 0.1) is 3.70 Å². The van der Waals surface area contributed by atoms with Crippen molar-refractivity contribution in [2.45, 2.75) is 19.9 Å². The zero-order valence-electron chi connectivity index (χ0n) is 9.22. The van der Waals surface area contributed by atoms with Crippen LogP contribution < -0.4 is 0 Å². The van der Waals surface area contributed by atoms with Crippen LogP contribution in [0.15, 0.2) is 17.8 Å². The molecule has 0 saturated carbocycles. The average molecular weight is 332 g/mol. The van der Waals surface area contributed by atoms with E-state index in [0.29, 0.717) is 0 Å². The predicted octanol–water partition coefficient (Wildman–Crippen LogP) is 1.23. The molecular weight excluding hydrogens is 319 g/mol. The summed E-state index contributed by atoms with van der Waals surface area (Å²) in [5, 5.41) is 7.83. The smallest absolute Gasteiger partial charge is 0.246 e. The molecule has 0 aromatic carbocycles. The van der Waals surface area contributed by atoms with Gasteiger partial charge in [-0.2, -0.15) is 0 Å². The Balaban J connectivity index is 1.94. The molecule has 0 radical (unpaired) electrons. The molecule has 1 aromatic rings. The van der Waals surface area contributed by atoms with Crippen molar-refractivity contribution >= 4 is 28.5 Å². The molecule has 0 spiro atoms. The summed E-state index contributed by atoms with van der Waals surface area (Å²) in [6.45, 7) is 5.30.